The molecule has 0 N–H and O–H groups in total. The zero-order valence-electron chi connectivity index (χ0n) is 9.79. The fourth-order valence-corrected chi connectivity index (χ4v) is 1.73. The first-order valence-electron chi connectivity index (χ1n) is 4.87. The molecule has 84 valence electrons. The monoisotopic (exact) mass is 210 g/mol. The maximum absolute atomic E-state index is 5.34. The van der Waals surface area contributed by atoms with Crippen LogP contribution in [0.25, 0.3) is 0 Å². The van der Waals surface area contributed by atoms with Gasteiger partial charge in [0, 0.05) is 19.8 Å². The molecular weight excluding hydrogens is 192 g/mol. The molecule has 0 spiro atoms. The second-order valence-corrected chi connectivity index (χ2v) is 3.47. The third-order valence-corrected chi connectivity index (χ3v) is 2.23. The molecule has 0 fully saturated rings. The Labute approximate surface area is 91.0 Å². The molecule has 0 atom stereocenters. The lowest BCUT2D eigenvalue weighted by Crippen LogP contribution is -1.99. The third-order valence-electron chi connectivity index (χ3n) is 2.23. The van der Waals surface area contributed by atoms with E-state index in [1.54, 1.807) is 21.3 Å². The summed E-state index contributed by atoms with van der Waals surface area (Å²) < 4.78 is 15.6. The Morgan fingerprint density at radius 3 is 2.20 bits per heavy atom. The van der Waals surface area contributed by atoms with Gasteiger partial charge in [-0.1, -0.05) is 6.07 Å². The van der Waals surface area contributed by atoms with Gasteiger partial charge in [0.2, 0.25) is 0 Å². The van der Waals surface area contributed by atoms with Crippen LogP contribution in [-0.2, 0) is 22.7 Å². The van der Waals surface area contributed by atoms with Crippen molar-refractivity contribution in [2.24, 2.45) is 0 Å². The van der Waals surface area contributed by atoms with E-state index in [1.165, 1.54) is 0 Å². The van der Waals surface area contributed by atoms with Gasteiger partial charge in [0.05, 0.1) is 20.3 Å². The molecule has 0 radical (unpaired) electrons. The van der Waals surface area contributed by atoms with Gasteiger partial charge in [-0.3, -0.25) is 0 Å². The predicted octanol–water partition coefficient (Wildman–Crippen LogP) is 2.30. The number of hydrogen-bond donors (Lipinski definition) is 0. The van der Waals surface area contributed by atoms with Crippen molar-refractivity contribution in [3.05, 3.63) is 28.8 Å². The number of benzene rings is 1. The number of ether oxygens (including phenoxy) is 3. The highest BCUT2D eigenvalue weighted by Gasteiger charge is 2.08. The molecule has 0 aliphatic carbocycles. The molecule has 0 amide bonds. The Morgan fingerprint density at radius 2 is 1.67 bits per heavy atom. The Hall–Kier alpha value is -1.06. The summed E-state index contributed by atoms with van der Waals surface area (Å²) in [5.74, 6) is 0.900. The van der Waals surface area contributed by atoms with Crippen molar-refractivity contribution >= 4 is 0 Å². The standard InChI is InChI=1S/C12H18O3/c1-9-5-10(7-13-2)6-11(8-14-3)12(9)15-4/h5-6H,7-8H2,1-4H3. The second-order valence-electron chi connectivity index (χ2n) is 3.47. The molecule has 0 aliphatic rings. The van der Waals surface area contributed by atoms with Gasteiger partial charge in [0.1, 0.15) is 5.75 Å². The minimum atomic E-state index is 0.557. The van der Waals surface area contributed by atoms with Crippen molar-refractivity contribution in [2.45, 2.75) is 20.1 Å². The Bertz CT molecular complexity index is 321. The van der Waals surface area contributed by atoms with Crippen LogP contribution in [0.4, 0.5) is 0 Å². The lowest BCUT2D eigenvalue weighted by molar-refractivity contribution is 0.177. The van der Waals surface area contributed by atoms with Gasteiger partial charge >= 0.3 is 0 Å². The van der Waals surface area contributed by atoms with Gasteiger partial charge in [0.25, 0.3) is 0 Å². The normalized spacial score (nSPS) is 10.4. The van der Waals surface area contributed by atoms with Crippen molar-refractivity contribution in [3.8, 4) is 5.75 Å². The molecular formula is C12H18O3. The van der Waals surface area contributed by atoms with Gasteiger partial charge in [-0.2, -0.15) is 0 Å². The van der Waals surface area contributed by atoms with E-state index >= 15 is 0 Å². The maximum atomic E-state index is 5.34. The largest absolute Gasteiger partial charge is 0.496 e. The van der Waals surface area contributed by atoms with Gasteiger partial charge in [0.15, 0.2) is 0 Å². The van der Waals surface area contributed by atoms with Gasteiger partial charge in [-0.25, -0.2) is 0 Å². The number of methoxy groups -OCH3 is 3. The first-order valence-corrected chi connectivity index (χ1v) is 4.87. The Kier molecular flexibility index (Phi) is 4.59. The lowest BCUT2D eigenvalue weighted by atomic mass is 10.1. The van der Waals surface area contributed by atoms with E-state index in [-0.39, 0.29) is 0 Å². The number of aryl methyl sites for hydroxylation is 1. The van der Waals surface area contributed by atoms with Crippen LogP contribution < -0.4 is 4.74 Å². The van der Waals surface area contributed by atoms with Crippen LogP contribution in [0.3, 0.4) is 0 Å². The Morgan fingerprint density at radius 1 is 1.00 bits per heavy atom. The molecule has 1 rings (SSSR count). The average Bonchev–Trinajstić information content (AvgIpc) is 2.18. The summed E-state index contributed by atoms with van der Waals surface area (Å²) in [6.45, 7) is 3.19. The number of rotatable bonds is 5. The zero-order valence-corrected chi connectivity index (χ0v) is 9.79. The van der Waals surface area contributed by atoms with Crippen LogP contribution in [0.15, 0.2) is 12.1 Å². The third kappa shape index (κ3) is 2.94. The minimum Gasteiger partial charge on any atom is -0.496 e. The van der Waals surface area contributed by atoms with E-state index in [2.05, 4.69) is 12.1 Å². The van der Waals surface area contributed by atoms with Crippen LogP contribution in [0.1, 0.15) is 16.7 Å². The molecule has 0 saturated heterocycles. The molecule has 15 heavy (non-hydrogen) atoms. The molecule has 0 heterocycles. The molecule has 0 unspecified atom stereocenters. The zero-order chi connectivity index (χ0) is 11.3. The van der Waals surface area contributed by atoms with Crippen molar-refractivity contribution < 1.29 is 14.2 Å². The molecule has 1 aromatic rings. The van der Waals surface area contributed by atoms with E-state index in [0.29, 0.717) is 13.2 Å². The molecule has 0 aliphatic heterocycles. The quantitative estimate of drug-likeness (QED) is 0.746. The fraction of sp³-hybridized carbons (Fsp3) is 0.500. The number of hydrogen-bond acceptors (Lipinski definition) is 3. The smallest absolute Gasteiger partial charge is 0.127 e. The van der Waals surface area contributed by atoms with Crippen LogP contribution in [-0.4, -0.2) is 21.3 Å². The van der Waals surface area contributed by atoms with E-state index in [0.717, 1.165) is 22.4 Å². The SMILES string of the molecule is COCc1cc(C)c(OC)c(COC)c1. The van der Waals surface area contributed by atoms with Crippen molar-refractivity contribution in [3.63, 3.8) is 0 Å². The van der Waals surface area contributed by atoms with Crippen LogP contribution in [0, 0.1) is 6.92 Å². The van der Waals surface area contributed by atoms with Crippen molar-refractivity contribution in [2.75, 3.05) is 21.3 Å². The molecule has 0 aromatic heterocycles. The highest BCUT2D eigenvalue weighted by atomic mass is 16.5. The van der Waals surface area contributed by atoms with Crippen LogP contribution in [0.2, 0.25) is 0 Å². The van der Waals surface area contributed by atoms with E-state index in [9.17, 15) is 0 Å². The first-order chi connectivity index (χ1) is 7.22. The summed E-state index contributed by atoms with van der Waals surface area (Å²) in [6.07, 6.45) is 0. The van der Waals surface area contributed by atoms with Crippen molar-refractivity contribution in [1.29, 1.82) is 0 Å². The molecule has 0 bridgehead atoms. The molecule has 3 nitrogen and oxygen atoms in total. The fourth-order valence-electron chi connectivity index (χ4n) is 1.73. The van der Waals surface area contributed by atoms with E-state index in [4.69, 9.17) is 14.2 Å². The highest BCUT2D eigenvalue weighted by Crippen LogP contribution is 2.26. The summed E-state index contributed by atoms with van der Waals surface area (Å²) in [5, 5.41) is 0. The minimum absolute atomic E-state index is 0.557. The second kappa shape index (κ2) is 5.73. The topological polar surface area (TPSA) is 27.7 Å². The van der Waals surface area contributed by atoms with E-state index in [1.807, 2.05) is 6.92 Å². The van der Waals surface area contributed by atoms with E-state index < -0.39 is 0 Å². The van der Waals surface area contributed by atoms with Crippen LogP contribution in [0.5, 0.6) is 5.75 Å². The van der Waals surface area contributed by atoms with Crippen molar-refractivity contribution in [1.82, 2.24) is 0 Å². The highest BCUT2D eigenvalue weighted by molar-refractivity contribution is 5.43. The first kappa shape index (κ1) is 12.0. The summed E-state index contributed by atoms with van der Waals surface area (Å²) in [5.41, 5.74) is 3.31. The Balaban J connectivity index is 3.07. The predicted molar refractivity (Wildman–Crippen MR) is 59.2 cm³/mol. The van der Waals surface area contributed by atoms with Gasteiger partial charge in [-0.15, -0.1) is 0 Å². The summed E-state index contributed by atoms with van der Waals surface area (Å²) in [4.78, 5) is 0. The van der Waals surface area contributed by atoms with Crippen LogP contribution >= 0.6 is 0 Å². The summed E-state index contributed by atoms with van der Waals surface area (Å²) in [6, 6.07) is 4.13. The molecule has 0 saturated carbocycles. The summed E-state index contributed by atoms with van der Waals surface area (Å²) in [7, 11) is 5.05. The average molecular weight is 210 g/mol. The molecule has 1 aromatic carbocycles. The molecule has 3 heteroatoms. The maximum Gasteiger partial charge on any atom is 0.127 e. The lowest BCUT2D eigenvalue weighted by Gasteiger charge is -2.13. The summed E-state index contributed by atoms with van der Waals surface area (Å²) >= 11 is 0. The van der Waals surface area contributed by atoms with Gasteiger partial charge in [-0.05, 0) is 24.1 Å². The van der Waals surface area contributed by atoms with Gasteiger partial charge < -0.3 is 14.2 Å².